The molecule has 18 heavy (non-hydrogen) atoms. The second kappa shape index (κ2) is 4.78. The molecule has 1 aromatic heterocycles. The molecule has 2 heterocycles. The van der Waals surface area contributed by atoms with E-state index in [0.717, 1.165) is 42.4 Å². The maximum atomic E-state index is 12.0. The van der Waals surface area contributed by atoms with Crippen LogP contribution >= 0.6 is 0 Å². The van der Waals surface area contributed by atoms with E-state index in [0.29, 0.717) is 0 Å². The van der Waals surface area contributed by atoms with Crippen LogP contribution in [-0.2, 0) is 4.79 Å². The Hall–Kier alpha value is -1.88. The summed E-state index contributed by atoms with van der Waals surface area (Å²) in [7, 11) is 0. The van der Waals surface area contributed by atoms with E-state index in [1.165, 1.54) is 0 Å². The molecule has 3 rings (SSSR count). The topological polar surface area (TPSA) is 69.8 Å². The first-order valence-electron chi connectivity index (χ1n) is 6.30. The van der Waals surface area contributed by atoms with Crippen molar-refractivity contribution in [1.82, 2.24) is 15.5 Å². The van der Waals surface area contributed by atoms with E-state index in [2.05, 4.69) is 20.8 Å². The Morgan fingerprint density at radius 3 is 3.17 bits per heavy atom. The van der Waals surface area contributed by atoms with Crippen LogP contribution in [0.25, 0.3) is 10.9 Å². The van der Waals surface area contributed by atoms with Crippen LogP contribution in [0.5, 0.6) is 0 Å². The van der Waals surface area contributed by atoms with E-state index in [-0.39, 0.29) is 11.9 Å². The van der Waals surface area contributed by atoms with Gasteiger partial charge in [0.05, 0.1) is 17.8 Å². The number of nitrogens with zero attached hydrogens (tertiary/aromatic N) is 1. The van der Waals surface area contributed by atoms with Crippen LogP contribution in [0, 0.1) is 0 Å². The van der Waals surface area contributed by atoms with Gasteiger partial charge in [0.2, 0.25) is 5.91 Å². The molecule has 5 nitrogen and oxygen atoms in total. The lowest BCUT2D eigenvalue weighted by atomic mass is 10.0. The Bertz CT molecular complexity index is 557. The smallest absolute Gasteiger partial charge is 0.241 e. The number of piperidine rings is 1. The molecule has 1 amide bonds. The Kier molecular flexibility index (Phi) is 2.98. The van der Waals surface area contributed by atoms with E-state index >= 15 is 0 Å². The van der Waals surface area contributed by atoms with Crippen molar-refractivity contribution in [3.05, 3.63) is 24.4 Å². The van der Waals surface area contributed by atoms with Gasteiger partial charge >= 0.3 is 0 Å². The predicted octanol–water partition coefficient (Wildman–Crippen LogP) is 1.64. The minimum Gasteiger partial charge on any atom is -0.325 e. The molecule has 1 aliphatic rings. The summed E-state index contributed by atoms with van der Waals surface area (Å²) in [5.74, 6) is 0.0496. The SMILES string of the molecule is O=C(Nc1ccc2cn[nH]c2c1)C1CCCCN1. The maximum absolute atomic E-state index is 12.0. The van der Waals surface area contributed by atoms with Gasteiger partial charge in [0.15, 0.2) is 0 Å². The molecule has 1 saturated heterocycles. The van der Waals surface area contributed by atoms with Gasteiger partial charge < -0.3 is 10.6 Å². The molecule has 1 unspecified atom stereocenters. The molecule has 1 atom stereocenters. The summed E-state index contributed by atoms with van der Waals surface area (Å²) in [6.07, 6.45) is 4.95. The third kappa shape index (κ3) is 2.22. The molecule has 0 radical (unpaired) electrons. The second-order valence-corrected chi connectivity index (χ2v) is 4.66. The molecule has 5 heteroatoms. The Balaban J connectivity index is 1.72. The number of nitrogens with one attached hydrogen (secondary N) is 3. The van der Waals surface area contributed by atoms with Crippen LogP contribution in [0.2, 0.25) is 0 Å². The van der Waals surface area contributed by atoms with E-state index < -0.39 is 0 Å². The standard InChI is InChI=1S/C13H16N4O/c18-13(11-3-1-2-6-14-11)16-10-5-4-9-8-15-17-12(9)7-10/h4-5,7-8,11,14H,1-3,6H2,(H,15,17)(H,16,18). The van der Waals surface area contributed by atoms with Crippen molar-refractivity contribution in [2.45, 2.75) is 25.3 Å². The number of anilines is 1. The Labute approximate surface area is 105 Å². The van der Waals surface area contributed by atoms with E-state index in [1.54, 1.807) is 6.20 Å². The number of amides is 1. The number of aromatic nitrogens is 2. The van der Waals surface area contributed by atoms with Crippen LogP contribution in [0.3, 0.4) is 0 Å². The summed E-state index contributed by atoms with van der Waals surface area (Å²) in [6, 6.07) is 5.70. The molecular weight excluding hydrogens is 228 g/mol. The summed E-state index contributed by atoms with van der Waals surface area (Å²) >= 11 is 0. The number of hydrogen-bond acceptors (Lipinski definition) is 3. The quantitative estimate of drug-likeness (QED) is 0.752. The lowest BCUT2D eigenvalue weighted by Gasteiger charge is -2.22. The van der Waals surface area contributed by atoms with Gasteiger partial charge in [-0.1, -0.05) is 6.42 Å². The first kappa shape index (κ1) is 11.2. The number of hydrogen-bond donors (Lipinski definition) is 3. The van der Waals surface area contributed by atoms with Crippen molar-refractivity contribution < 1.29 is 4.79 Å². The van der Waals surface area contributed by atoms with Gasteiger partial charge in [-0.2, -0.15) is 5.10 Å². The monoisotopic (exact) mass is 244 g/mol. The summed E-state index contributed by atoms with van der Waals surface area (Å²) < 4.78 is 0. The van der Waals surface area contributed by atoms with Gasteiger partial charge in [0.25, 0.3) is 0 Å². The molecule has 1 aliphatic heterocycles. The van der Waals surface area contributed by atoms with Gasteiger partial charge in [-0.25, -0.2) is 0 Å². The third-order valence-corrected chi connectivity index (χ3v) is 3.34. The minimum atomic E-state index is -0.0591. The summed E-state index contributed by atoms with van der Waals surface area (Å²) in [5, 5.41) is 14.1. The molecule has 1 aromatic carbocycles. The number of carbonyl (C=O) groups is 1. The van der Waals surface area contributed by atoms with Crippen molar-refractivity contribution in [2.75, 3.05) is 11.9 Å². The minimum absolute atomic E-state index is 0.0496. The number of fused-ring (bicyclic) bond motifs is 1. The Morgan fingerprint density at radius 2 is 2.33 bits per heavy atom. The van der Waals surface area contributed by atoms with Crippen molar-refractivity contribution in [1.29, 1.82) is 0 Å². The normalized spacial score (nSPS) is 19.9. The van der Waals surface area contributed by atoms with Gasteiger partial charge in [0.1, 0.15) is 0 Å². The largest absolute Gasteiger partial charge is 0.325 e. The first-order valence-corrected chi connectivity index (χ1v) is 6.30. The van der Waals surface area contributed by atoms with Crippen molar-refractivity contribution in [3.8, 4) is 0 Å². The molecule has 0 saturated carbocycles. The summed E-state index contributed by atoms with van der Waals surface area (Å²) in [5.41, 5.74) is 1.74. The van der Waals surface area contributed by atoms with Gasteiger partial charge in [-0.3, -0.25) is 9.89 Å². The van der Waals surface area contributed by atoms with E-state index in [1.807, 2.05) is 18.2 Å². The number of rotatable bonds is 2. The van der Waals surface area contributed by atoms with Crippen molar-refractivity contribution in [3.63, 3.8) is 0 Å². The van der Waals surface area contributed by atoms with Crippen LogP contribution in [0.4, 0.5) is 5.69 Å². The molecule has 3 N–H and O–H groups in total. The van der Waals surface area contributed by atoms with Crippen LogP contribution in [0.1, 0.15) is 19.3 Å². The van der Waals surface area contributed by atoms with E-state index in [4.69, 9.17) is 0 Å². The molecule has 0 bridgehead atoms. The molecule has 0 spiro atoms. The fourth-order valence-electron chi connectivity index (χ4n) is 2.32. The highest BCUT2D eigenvalue weighted by molar-refractivity contribution is 5.96. The lowest BCUT2D eigenvalue weighted by molar-refractivity contribution is -0.118. The second-order valence-electron chi connectivity index (χ2n) is 4.66. The molecular formula is C13H16N4O. The highest BCUT2D eigenvalue weighted by Crippen LogP contribution is 2.17. The highest BCUT2D eigenvalue weighted by atomic mass is 16.2. The first-order chi connectivity index (χ1) is 8.83. The summed E-state index contributed by atoms with van der Waals surface area (Å²) in [4.78, 5) is 12.0. The number of aromatic amines is 1. The fourth-order valence-corrected chi connectivity index (χ4v) is 2.32. The zero-order chi connectivity index (χ0) is 12.4. The van der Waals surface area contributed by atoms with Crippen molar-refractivity contribution >= 4 is 22.5 Å². The summed E-state index contributed by atoms with van der Waals surface area (Å²) in [6.45, 7) is 0.928. The predicted molar refractivity (Wildman–Crippen MR) is 70.4 cm³/mol. The number of benzene rings is 1. The highest BCUT2D eigenvalue weighted by Gasteiger charge is 2.20. The zero-order valence-corrected chi connectivity index (χ0v) is 10.1. The van der Waals surface area contributed by atoms with Crippen molar-refractivity contribution in [2.24, 2.45) is 0 Å². The number of H-pyrrole nitrogens is 1. The van der Waals surface area contributed by atoms with E-state index in [9.17, 15) is 4.79 Å². The Morgan fingerprint density at radius 1 is 1.39 bits per heavy atom. The molecule has 94 valence electrons. The van der Waals surface area contributed by atoms with Gasteiger partial charge in [0, 0.05) is 11.1 Å². The lowest BCUT2D eigenvalue weighted by Crippen LogP contribution is -2.43. The van der Waals surface area contributed by atoms with Crippen LogP contribution in [-0.4, -0.2) is 28.7 Å². The third-order valence-electron chi connectivity index (χ3n) is 3.34. The van der Waals surface area contributed by atoms with Crippen LogP contribution < -0.4 is 10.6 Å². The van der Waals surface area contributed by atoms with Gasteiger partial charge in [-0.15, -0.1) is 0 Å². The van der Waals surface area contributed by atoms with Gasteiger partial charge in [-0.05, 0) is 37.6 Å². The fraction of sp³-hybridized carbons (Fsp3) is 0.385. The number of carbonyl (C=O) groups excluding carboxylic acids is 1. The molecule has 2 aromatic rings. The zero-order valence-electron chi connectivity index (χ0n) is 10.1. The average Bonchev–Trinajstić information content (AvgIpc) is 2.87. The maximum Gasteiger partial charge on any atom is 0.241 e. The molecule has 1 fully saturated rings. The van der Waals surface area contributed by atoms with Crippen LogP contribution in [0.15, 0.2) is 24.4 Å². The molecule has 0 aliphatic carbocycles. The average molecular weight is 244 g/mol.